The number of ether oxygens (including phenoxy) is 5. The third-order valence-electron chi connectivity index (χ3n) is 20.4. The van der Waals surface area contributed by atoms with Gasteiger partial charge in [0.2, 0.25) is 11.8 Å². The Hall–Kier alpha value is -11.3. The SMILES string of the molecule is C#C.C#CC#CC.C1=COCCC1.CC#CC.Cc1cc(O)ccc1-c1c(C)ncnc1C.Cc1cc(Oc2nccc3c2CCN3)ccc1-c1c(C)ncnc1C.Cc1cc(Oc2nccc3c2CCN3C2CCCCO2)ccc1-c1c(C)nc[n+](C)c1C.Cl.Clc1nccc2c1CCN2.Clc1nccc2c1CCN2C1CCCCO1. The number of phenolic OH excluding ortho intramolecular Hbond substituents is 1. The molecule has 3 N–H and O–H groups in total. The fraction of sp³-hybridized carbons (Fsp3) is 0.362. The van der Waals surface area contributed by atoms with E-state index >= 15 is 0 Å². The zero-order valence-electron chi connectivity index (χ0n) is 69.5. The fourth-order valence-electron chi connectivity index (χ4n) is 14.5. The summed E-state index contributed by atoms with van der Waals surface area (Å²) in [6.45, 7) is 30.2. The highest BCUT2D eigenvalue weighted by atomic mass is 35.5. The van der Waals surface area contributed by atoms with Crippen LogP contribution in [0.25, 0.3) is 33.4 Å². The van der Waals surface area contributed by atoms with Gasteiger partial charge in [0.25, 0.3) is 6.33 Å². The molecule has 2 fully saturated rings. The van der Waals surface area contributed by atoms with E-state index in [0.29, 0.717) is 22.1 Å². The third kappa shape index (κ3) is 24.6. The number of terminal acetylenes is 2. The minimum absolute atomic E-state index is 0. The van der Waals surface area contributed by atoms with Crippen molar-refractivity contribution in [2.75, 3.05) is 66.4 Å². The van der Waals surface area contributed by atoms with Crippen molar-refractivity contribution in [3.8, 4) is 111 Å². The number of aromatic nitrogens is 10. The number of rotatable bonds is 9. The minimum Gasteiger partial charge on any atom is -0.508 e. The van der Waals surface area contributed by atoms with Crippen molar-refractivity contribution in [2.24, 2.45) is 7.05 Å². The summed E-state index contributed by atoms with van der Waals surface area (Å²) in [6.07, 6.45) is 42.4. The largest absolute Gasteiger partial charge is 0.508 e. The maximum atomic E-state index is 9.39. The average Bonchev–Trinajstić information content (AvgIpc) is 1.45. The molecule has 2 unspecified atom stereocenters. The molecule has 20 nitrogen and oxygen atoms in total. The number of anilines is 4. The number of aromatic hydroxyl groups is 1. The summed E-state index contributed by atoms with van der Waals surface area (Å²) in [5, 5.41) is 17.2. The first kappa shape index (κ1) is 91.2. The summed E-state index contributed by atoms with van der Waals surface area (Å²) in [5.74, 6) is 15.7. The normalized spacial score (nSPS) is 14.9. The Bertz CT molecular complexity index is 5160. The monoisotopic (exact) mass is 1630 g/mol. The van der Waals surface area contributed by atoms with E-state index < -0.39 is 0 Å². The molecule has 23 heteroatoms. The van der Waals surface area contributed by atoms with Crippen LogP contribution in [0.5, 0.6) is 29.0 Å². The van der Waals surface area contributed by atoms with Crippen LogP contribution in [0.15, 0.2) is 135 Å². The molecular weight excluding hydrogens is 1530 g/mol. The Kier molecular flexibility index (Phi) is 36.2. The fourth-order valence-corrected chi connectivity index (χ4v) is 15.0. The van der Waals surface area contributed by atoms with Gasteiger partial charge in [-0.05, 0) is 265 Å². The zero-order valence-corrected chi connectivity index (χ0v) is 71.9. The van der Waals surface area contributed by atoms with Crippen LogP contribution in [-0.4, -0.2) is 108 Å². The number of phenols is 1. The number of pyridine rings is 4. The van der Waals surface area contributed by atoms with Gasteiger partial charge < -0.3 is 49.2 Å². The summed E-state index contributed by atoms with van der Waals surface area (Å²) in [4.78, 5) is 43.4. The molecule has 14 heterocycles. The van der Waals surface area contributed by atoms with Crippen LogP contribution in [0.3, 0.4) is 0 Å². The summed E-state index contributed by atoms with van der Waals surface area (Å²) in [7, 11) is 2.03. The molecule has 117 heavy (non-hydrogen) atoms. The number of hydrogen-bond acceptors (Lipinski definition) is 19. The molecule has 17 rings (SSSR count). The molecule has 610 valence electrons. The van der Waals surface area contributed by atoms with E-state index in [4.69, 9.17) is 53.3 Å². The zero-order chi connectivity index (χ0) is 83.0. The van der Waals surface area contributed by atoms with Crippen molar-refractivity contribution in [3.05, 3.63) is 218 Å². The smallest absolute Gasteiger partial charge is 0.286 e. The summed E-state index contributed by atoms with van der Waals surface area (Å²) in [6, 6.07) is 25.8. The van der Waals surface area contributed by atoms with E-state index in [-0.39, 0.29) is 30.6 Å². The molecule has 7 aromatic heterocycles. The van der Waals surface area contributed by atoms with E-state index in [1.165, 1.54) is 71.4 Å². The molecule has 2 saturated heterocycles. The number of allylic oxidation sites excluding steroid dienone is 1. The first-order valence-electron chi connectivity index (χ1n) is 39.4. The van der Waals surface area contributed by atoms with Gasteiger partial charge in [-0.3, -0.25) is 0 Å². The molecule has 7 aliphatic rings. The van der Waals surface area contributed by atoms with Crippen LogP contribution in [0.2, 0.25) is 10.3 Å². The van der Waals surface area contributed by atoms with Gasteiger partial charge in [0.15, 0.2) is 5.69 Å². The molecule has 7 aliphatic heterocycles. The molecule has 0 saturated carbocycles. The maximum absolute atomic E-state index is 9.39. The Morgan fingerprint density at radius 3 is 1.43 bits per heavy atom. The average molecular weight is 1640 g/mol. The second kappa shape index (κ2) is 46.4. The van der Waals surface area contributed by atoms with Crippen LogP contribution in [0.1, 0.15) is 145 Å². The van der Waals surface area contributed by atoms with E-state index in [1.807, 2.05) is 117 Å². The van der Waals surface area contributed by atoms with Crippen LogP contribution in [-0.2, 0) is 46.9 Å². The molecular formula is C94H108Cl3N14O6+. The lowest BCUT2D eigenvalue weighted by Gasteiger charge is -2.33. The predicted molar refractivity (Wildman–Crippen MR) is 474 cm³/mol. The summed E-state index contributed by atoms with van der Waals surface area (Å²) < 4.78 is 31.2. The molecule has 0 radical (unpaired) electrons. The summed E-state index contributed by atoms with van der Waals surface area (Å²) >= 11 is 11.9. The lowest BCUT2D eigenvalue weighted by molar-refractivity contribution is -0.680. The first-order valence-corrected chi connectivity index (χ1v) is 40.1. The molecule has 0 bridgehead atoms. The Balaban J connectivity index is 0.000000179. The number of nitrogens with one attached hydrogen (secondary N) is 2. The van der Waals surface area contributed by atoms with Crippen molar-refractivity contribution in [1.29, 1.82) is 0 Å². The van der Waals surface area contributed by atoms with Crippen LogP contribution in [0.4, 0.5) is 22.7 Å². The molecule has 0 amide bonds. The van der Waals surface area contributed by atoms with Gasteiger partial charge in [-0.1, -0.05) is 52.3 Å². The lowest BCUT2D eigenvalue weighted by atomic mass is 9.98. The van der Waals surface area contributed by atoms with Crippen molar-refractivity contribution < 1.29 is 33.4 Å². The number of benzene rings is 3. The Morgan fingerprint density at radius 2 is 0.974 bits per heavy atom. The van der Waals surface area contributed by atoms with Crippen LogP contribution < -0.4 is 34.5 Å². The number of hydrogen-bond donors (Lipinski definition) is 3. The van der Waals surface area contributed by atoms with Crippen molar-refractivity contribution >= 4 is 58.4 Å². The molecule has 2 atom stereocenters. The Labute approximate surface area is 707 Å². The van der Waals surface area contributed by atoms with E-state index in [9.17, 15) is 5.11 Å². The Morgan fingerprint density at radius 1 is 0.513 bits per heavy atom. The number of halogens is 3. The van der Waals surface area contributed by atoms with Gasteiger partial charge in [0.1, 0.15) is 58.4 Å². The highest BCUT2D eigenvalue weighted by Gasteiger charge is 2.32. The van der Waals surface area contributed by atoms with E-state index in [1.54, 1.807) is 56.6 Å². The minimum atomic E-state index is 0. The van der Waals surface area contributed by atoms with Gasteiger partial charge in [-0.15, -0.1) is 43.5 Å². The van der Waals surface area contributed by atoms with Crippen molar-refractivity contribution in [3.63, 3.8) is 0 Å². The molecule has 10 aromatic rings. The van der Waals surface area contributed by atoms with E-state index in [0.717, 1.165) is 192 Å². The molecule has 0 aliphatic carbocycles. The molecule has 0 spiro atoms. The maximum Gasteiger partial charge on any atom is 0.286 e. The van der Waals surface area contributed by atoms with E-state index in [2.05, 4.69) is 164 Å². The molecule has 3 aromatic carbocycles. The van der Waals surface area contributed by atoms with Gasteiger partial charge in [0.05, 0.1) is 25.5 Å². The first-order chi connectivity index (χ1) is 56.3. The van der Waals surface area contributed by atoms with Gasteiger partial charge in [-0.25, -0.2) is 44.4 Å². The third-order valence-corrected chi connectivity index (χ3v) is 21.1. The second-order valence-corrected chi connectivity index (χ2v) is 28.9. The lowest BCUT2D eigenvalue weighted by Crippen LogP contribution is -2.38. The quantitative estimate of drug-likeness (QED) is 0.0695. The second-order valence-electron chi connectivity index (χ2n) is 28.2. The highest BCUT2D eigenvalue weighted by molar-refractivity contribution is 6.31. The van der Waals surface area contributed by atoms with Gasteiger partial charge >= 0.3 is 0 Å². The number of aryl methyl sites for hydroxylation is 9. The van der Waals surface area contributed by atoms with Gasteiger partial charge in [0, 0.05) is 150 Å². The van der Waals surface area contributed by atoms with Crippen LogP contribution in [0, 0.1) is 111 Å². The predicted octanol–water partition coefficient (Wildman–Crippen LogP) is 19.6. The highest BCUT2D eigenvalue weighted by Crippen LogP contribution is 2.42. The van der Waals surface area contributed by atoms with Crippen molar-refractivity contribution in [2.45, 2.75) is 173 Å². The van der Waals surface area contributed by atoms with Crippen LogP contribution >= 0.6 is 35.6 Å². The number of nitrogens with zero attached hydrogens (tertiary/aromatic N) is 12. The summed E-state index contributed by atoms with van der Waals surface area (Å²) in [5.41, 5.74) is 25.5. The van der Waals surface area contributed by atoms with Gasteiger partial charge in [-0.2, -0.15) is 0 Å². The van der Waals surface area contributed by atoms with Crippen molar-refractivity contribution in [1.82, 2.24) is 44.9 Å². The standard InChI is InChI=1S/C26H31N4O2.C20H20N4O.C13H14N2O.C12H15ClN2O.C7H7ClN2.C5H8O.C5H4.C4H6.C2H2.ClH/c1-17-15-20(8-9-21(17)25-18(2)28-16-29(4)19(25)3)32-26-22-11-13-30(23(22)10-12-27-26)24-7-5-6-14-31-24;1-12-10-15(25-20-17-6-8-21-18(17)7-9-22-20)4-5-16(12)19-13(2)23-11-24-14(19)3;1-8-6-11(16)4-5-12(8)13-9(2)14-7-15-10(13)3;13-12-9-5-7-15(10(9)4-6-14-12)11-3-1-2-8-16-11;8-7-5-1-3-9-6(5)2-4-10-7;1-2-4-6-5-3-1;1-3-5-4-2;1-3-4-2;1-2;/h8-10,12,15-16,24H,5-7,11,13-14H2,1-4H3;4-5,7,9-11,21H,6,8H2,1-3H3;4-7,16H,1-3H3;4,6,11H,1-3,5,7-8H2;2,4,9H,1,3H2;2,4H,1,3,5H2;1H,2H3;1-2H3;1-2H;1H/q+1;;;;;;;;;. The topological polar surface area (TPSA) is 217 Å². The number of fused-ring (bicyclic) bond motifs is 4.